The van der Waals surface area contributed by atoms with Gasteiger partial charge in [-0.15, -0.1) is 0 Å². The predicted octanol–water partition coefficient (Wildman–Crippen LogP) is 4.40. The molecule has 5 nitrogen and oxygen atoms in total. The van der Waals surface area contributed by atoms with Gasteiger partial charge in [0, 0.05) is 6.20 Å². The lowest BCUT2D eigenvalue weighted by Crippen LogP contribution is -2.19. The van der Waals surface area contributed by atoms with E-state index in [1.807, 2.05) is 30.3 Å². The Kier molecular flexibility index (Phi) is 6.06. The maximum absolute atomic E-state index is 12.5. The molecule has 6 heteroatoms. The molecule has 1 N–H and O–H groups in total. The largest absolute Gasteiger partial charge is 0.508 e. The lowest BCUT2D eigenvalue weighted by atomic mass is 9.94. The summed E-state index contributed by atoms with van der Waals surface area (Å²) in [5, 5.41) is 9.09. The van der Waals surface area contributed by atoms with Gasteiger partial charge in [-0.3, -0.25) is 4.98 Å². The molecule has 0 radical (unpaired) electrons. The third-order valence-electron chi connectivity index (χ3n) is 5.82. The van der Waals surface area contributed by atoms with Gasteiger partial charge >= 0.3 is 0 Å². The van der Waals surface area contributed by atoms with Crippen LogP contribution in [0.2, 0.25) is 0 Å². The van der Waals surface area contributed by atoms with Crippen molar-refractivity contribution in [3.63, 3.8) is 0 Å². The minimum absolute atomic E-state index is 0.152. The third-order valence-corrected chi connectivity index (χ3v) is 7.82. The Hall–Kier alpha value is -2.44. The van der Waals surface area contributed by atoms with Gasteiger partial charge in [0.2, 0.25) is 0 Å². The summed E-state index contributed by atoms with van der Waals surface area (Å²) in [7, 11) is -3.12. The van der Waals surface area contributed by atoms with E-state index in [2.05, 4.69) is 18.0 Å². The Bertz CT molecular complexity index is 1060. The maximum atomic E-state index is 12.5. The maximum Gasteiger partial charge on any atom is 0.163 e. The molecule has 2 aliphatic heterocycles. The van der Waals surface area contributed by atoms with E-state index in [1.165, 1.54) is 0 Å². The number of fused-ring (bicyclic) bond motifs is 1. The van der Waals surface area contributed by atoms with Gasteiger partial charge in [0.25, 0.3) is 0 Å². The molecule has 2 aliphatic rings. The number of phenolic OH excluding ortho intramolecular Hbond substituents is 1. The zero-order chi connectivity index (χ0) is 21.1. The van der Waals surface area contributed by atoms with Gasteiger partial charge in [0.1, 0.15) is 11.0 Å². The van der Waals surface area contributed by atoms with Crippen molar-refractivity contribution in [3.8, 4) is 5.75 Å². The highest BCUT2D eigenvalue weighted by Crippen LogP contribution is 2.40. The van der Waals surface area contributed by atoms with Crippen molar-refractivity contribution in [2.45, 2.75) is 44.0 Å². The first kappa shape index (κ1) is 20.8. The minimum atomic E-state index is -3.12. The number of aromatic nitrogens is 1. The monoisotopic (exact) mass is 425 g/mol. The quantitative estimate of drug-likeness (QED) is 0.666. The summed E-state index contributed by atoms with van der Waals surface area (Å²) in [6.07, 6.45) is 6.89. The summed E-state index contributed by atoms with van der Waals surface area (Å²) in [5.41, 5.74) is 5.01. The smallest absolute Gasteiger partial charge is 0.163 e. The highest BCUT2D eigenvalue weighted by atomic mass is 32.2. The molecule has 0 spiro atoms. The Labute approximate surface area is 178 Å². The second kappa shape index (κ2) is 8.74. The Morgan fingerprint density at radius 1 is 1.23 bits per heavy atom. The first-order valence-corrected chi connectivity index (χ1v) is 12.2. The average molecular weight is 426 g/mol. The van der Waals surface area contributed by atoms with E-state index in [0.717, 1.165) is 53.7 Å². The first-order chi connectivity index (χ1) is 14.5. The third kappa shape index (κ3) is 4.35. The number of rotatable bonds is 7. The van der Waals surface area contributed by atoms with E-state index in [4.69, 9.17) is 4.74 Å². The highest BCUT2D eigenvalue weighted by Gasteiger charge is 2.46. The van der Waals surface area contributed by atoms with Gasteiger partial charge in [-0.25, -0.2) is 8.42 Å². The van der Waals surface area contributed by atoms with Gasteiger partial charge < -0.3 is 9.84 Å². The fraction of sp³-hybridized carbons (Fsp3) is 0.375. The number of nitrogens with zero attached hydrogens (tertiary/aromatic N) is 1. The van der Waals surface area contributed by atoms with Crippen LogP contribution in [0.15, 0.2) is 59.8 Å². The molecule has 2 aromatic rings. The van der Waals surface area contributed by atoms with E-state index < -0.39 is 15.1 Å². The van der Waals surface area contributed by atoms with Crippen LogP contribution in [0.1, 0.15) is 43.9 Å². The van der Waals surface area contributed by atoms with Crippen LogP contribution in [0.5, 0.6) is 5.75 Å². The van der Waals surface area contributed by atoms with Crippen LogP contribution in [0.25, 0.3) is 11.6 Å². The Morgan fingerprint density at radius 2 is 2.03 bits per heavy atom. The molecule has 1 aromatic carbocycles. The second-order valence-corrected chi connectivity index (χ2v) is 10.1. The molecule has 1 fully saturated rings. The fourth-order valence-electron chi connectivity index (χ4n) is 4.41. The van der Waals surface area contributed by atoms with E-state index >= 15 is 0 Å². The number of hydrogen-bond acceptors (Lipinski definition) is 5. The number of aromatic hydroxyl groups is 1. The summed E-state index contributed by atoms with van der Waals surface area (Å²) in [6.45, 7) is 2.36. The van der Waals surface area contributed by atoms with E-state index in [0.29, 0.717) is 0 Å². The van der Waals surface area contributed by atoms with Crippen molar-refractivity contribution < 1.29 is 18.3 Å². The van der Waals surface area contributed by atoms with Crippen molar-refractivity contribution >= 4 is 21.5 Å². The van der Waals surface area contributed by atoms with E-state index in [1.54, 1.807) is 18.3 Å². The summed E-state index contributed by atoms with van der Waals surface area (Å²) >= 11 is 0. The molecular formula is C24H27NO4S. The first-order valence-electron chi connectivity index (χ1n) is 10.4. The zero-order valence-corrected chi connectivity index (χ0v) is 17.9. The van der Waals surface area contributed by atoms with Crippen LogP contribution >= 0.6 is 0 Å². The summed E-state index contributed by atoms with van der Waals surface area (Å²) < 4.78 is 31.0. The zero-order valence-electron chi connectivity index (χ0n) is 17.1. The lowest BCUT2D eigenvalue weighted by Gasteiger charge is -2.15. The number of pyridine rings is 1. The van der Waals surface area contributed by atoms with Gasteiger partial charge in [0.05, 0.1) is 24.2 Å². The van der Waals surface area contributed by atoms with Gasteiger partial charge in [-0.2, -0.15) is 0 Å². The number of ether oxygens (including phenoxy) is 1. The van der Waals surface area contributed by atoms with Crippen LogP contribution in [0.3, 0.4) is 0 Å². The number of benzene rings is 1. The Balaban J connectivity index is 1.59. The molecule has 2 atom stereocenters. The van der Waals surface area contributed by atoms with Crippen LogP contribution in [-0.2, 0) is 14.6 Å². The average Bonchev–Trinajstić information content (AvgIpc) is 3.27. The molecule has 3 heterocycles. The molecular weight excluding hydrogens is 398 g/mol. The standard InChI is InChI=1S/C24H27NO4S/c1-2-5-19-16-30(27,28)23-15-29-22(24(19)23)12-9-18(21-6-3-4-13-25-21)14-17-7-10-20(26)11-8-17/h3-4,6-8,10-11,13-14,22-23,26H,2,5,9,12,15-16H2,1H3/b18-14-/t22-,23+/m1/s1. The second-order valence-electron chi connectivity index (χ2n) is 7.94. The molecule has 158 valence electrons. The molecule has 0 saturated carbocycles. The van der Waals surface area contributed by atoms with Crippen molar-refractivity contribution in [1.82, 2.24) is 4.98 Å². The molecule has 4 rings (SSSR count). The molecule has 0 amide bonds. The van der Waals surface area contributed by atoms with E-state index in [-0.39, 0.29) is 24.2 Å². The number of allylic oxidation sites excluding steroid dienone is 1. The fourth-order valence-corrected chi connectivity index (χ4v) is 6.40. The van der Waals surface area contributed by atoms with Gasteiger partial charge in [-0.1, -0.05) is 37.1 Å². The van der Waals surface area contributed by atoms with Crippen LogP contribution in [-0.4, -0.2) is 42.2 Å². The predicted molar refractivity (Wildman–Crippen MR) is 119 cm³/mol. The van der Waals surface area contributed by atoms with Crippen molar-refractivity contribution in [1.29, 1.82) is 0 Å². The van der Waals surface area contributed by atoms with Gasteiger partial charge in [0.15, 0.2) is 9.84 Å². The Morgan fingerprint density at radius 3 is 2.73 bits per heavy atom. The molecule has 30 heavy (non-hydrogen) atoms. The molecule has 1 aromatic heterocycles. The lowest BCUT2D eigenvalue weighted by molar-refractivity contribution is 0.118. The summed E-state index contributed by atoms with van der Waals surface area (Å²) in [4.78, 5) is 4.51. The van der Waals surface area contributed by atoms with Crippen LogP contribution in [0, 0.1) is 0 Å². The number of phenols is 1. The normalized spacial score (nSPS) is 23.0. The minimum Gasteiger partial charge on any atom is -0.508 e. The molecule has 0 aliphatic carbocycles. The van der Waals surface area contributed by atoms with Gasteiger partial charge in [-0.05, 0) is 66.3 Å². The molecule has 0 bridgehead atoms. The molecule has 0 unspecified atom stereocenters. The number of sulfone groups is 1. The number of hydrogen-bond donors (Lipinski definition) is 1. The van der Waals surface area contributed by atoms with Crippen LogP contribution < -0.4 is 0 Å². The topological polar surface area (TPSA) is 76.5 Å². The van der Waals surface area contributed by atoms with Crippen molar-refractivity contribution in [3.05, 3.63) is 71.1 Å². The SMILES string of the molecule is CCCC1=C2[C@@H](CC/C(=C/c3ccc(O)cc3)c3ccccn3)OC[C@@H]2S(=O)(=O)C1. The van der Waals surface area contributed by atoms with E-state index in [9.17, 15) is 13.5 Å². The highest BCUT2D eigenvalue weighted by molar-refractivity contribution is 7.92. The summed E-state index contributed by atoms with van der Waals surface area (Å²) in [5.74, 6) is 0.423. The molecule has 1 saturated heterocycles. The van der Waals surface area contributed by atoms with Crippen LogP contribution in [0.4, 0.5) is 0 Å². The summed E-state index contributed by atoms with van der Waals surface area (Å²) in [6, 6.07) is 12.9. The van der Waals surface area contributed by atoms with Crippen molar-refractivity contribution in [2.24, 2.45) is 0 Å². The van der Waals surface area contributed by atoms with Crippen molar-refractivity contribution in [2.75, 3.05) is 12.4 Å².